The first kappa shape index (κ1) is 13.3. The first-order valence-corrected chi connectivity index (χ1v) is 6.86. The number of hydrogen-bond acceptors (Lipinski definition) is 4. The van der Waals surface area contributed by atoms with Gasteiger partial charge < -0.3 is 5.73 Å². The van der Waals surface area contributed by atoms with Gasteiger partial charge in [0, 0.05) is 45.0 Å². The summed E-state index contributed by atoms with van der Waals surface area (Å²) in [5.41, 5.74) is 6.97. The molecule has 0 bridgehead atoms. The predicted molar refractivity (Wildman–Crippen MR) is 75.3 cm³/mol. The van der Waals surface area contributed by atoms with Crippen LogP contribution in [0.2, 0.25) is 0 Å². The molecule has 2 N–H and O–H groups in total. The van der Waals surface area contributed by atoms with Gasteiger partial charge in [0.05, 0.1) is 0 Å². The first-order chi connectivity index (χ1) is 8.69. The molecule has 1 unspecified atom stereocenters. The average Bonchev–Trinajstić information content (AvgIpc) is 2.39. The summed E-state index contributed by atoms with van der Waals surface area (Å²) >= 11 is 0. The molecule has 1 fully saturated rings. The summed E-state index contributed by atoms with van der Waals surface area (Å²) < 4.78 is 0. The zero-order valence-electron chi connectivity index (χ0n) is 11.5. The predicted octanol–water partition coefficient (Wildman–Crippen LogP) is 1.58. The van der Waals surface area contributed by atoms with Gasteiger partial charge in [0.1, 0.15) is 5.82 Å². The molecule has 0 aromatic carbocycles. The van der Waals surface area contributed by atoms with Crippen LogP contribution >= 0.6 is 0 Å². The lowest BCUT2D eigenvalue weighted by Crippen LogP contribution is -2.48. The lowest BCUT2D eigenvalue weighted by atomic mass is 10.1. The second kappa shape index (κ2) is 6.16. The zero-order valence-corrected chi connectivity index (χ0v) is 11.5. The molecule has 1 aromatic rings. The fraction of sp³-hybridized carbons (Fsp3) is 0.643. The Labute approximate surface area is 110 Å². The maximum Gasteiger partial charge on any atom is 0.123 e. The van der Waals surface area contributed by atoms with Gasteiger partial charge in [0.2, 0.25) is 0 Å². The Kier molecular flexibility index (Phi) is 4.55. The van der Waals surface area contributed by atoms with Crippen molar-refractivity contribution >= 4 is 5.82 Å². The maximum atomic E-state index is 5.71. The molecule has 4 heteroatoms. The second-order valence-corrected chi connectivity index (χ2v) is 5.16. The first-order valence-electron chi connectivity index (χ1n) is 6.86. The minimum absolute atomic E-state index is 0.616. The van der Waals surface area contributed by atoms with Gasteiger partial charge in [0.15, 0.2) is 0 Å². The van der Waals surface area contributed by atoms with Crippen LogP contribution in [-0.4, -0.2) is 47.0 Å². The van der Waals surface area contributed by atoms with Crippen molar-refractivity contribution in [3.63, 3.8) is 0 Å². The van der Waals surface area contributed by atoms with Crippen molar-refractivity contribution in [2.45, 2.75) is 32.9 Å². The highest BCUT2D eigenvalue weighted by Gasteiger charge is 2.19. The lowest BCUT2D eigenvalue weighted by molar-refractivity contribution is 0.0964. The van der Waals surface area contributed by atoms with Crippen molar-refractivity contribution in [3.05, 3.63) is 23.9 Å². The molecule has 2 heterocycles. The van der Waals surface area contributed by atoms with E-state index in [1.165, 1.54) is 25.1 Å². The van der Waals surface area contributed by atoms with Crippen LogP contribution in [0.3, 0.4) is 0 Å². The molecular formula is C14H24N4. The molecule has 0 radical (unpaired) electrons. The quantitative estimate of drug-likeness (QED) is 0.878. The van der Waals surface area contributed by atoms with Crippen molar-refractivity contribution in [3.8, 4) is 0 Å². The number of nitrogens with zero attached hydrogens (tertiary/aromatic N) is 3. The van der Waals surface area contributed by atoms with E-state index in [-0.39, 0.29) is 0 Å². The Balaban J connectivity index is 1.83. The van der Waals surface area contributed by atoms with Gasteiger partial charge in [0.25, 0.3) is 0 Å². The monoisotopic (exact) mass is 248 g/mol. The van der Waals surface area contributed by atoms with Gasteiger partial charge >= 0.3 is 0 Å². The van der Waals surface area contributed by atoms with E-state index in [2.05, 4.69) is 34.7 Å². The molecule has 18 heavy (non-hydrogen) atoms. The molecule has 1 aromatic heterocycles. The van der Waals surface area contributed by atoms with Crippen LogP contribution < -0.4 is 5.73 Å². The molecule has 1 aliphatic heterocycles. The molecule has 0 spiro atoms. The van der Waals surface area contributed by atoms with Crippen LogP contribution in [0.25, 0.3) is 0 Å². The summed E-state index contributed by atoms with van der Waals surface area (Å²) in [5.74, 6) is 0.616. The number of hydrogen-bond donors (Lipinski definition) is 1. The Morgan fingerprint density at radius 1 is 1.33 bits per heavy atom. The number of aromatic nitrogens is 1. The third-order valence-electron chi connectivity index (χ3n) is 3.87. The Hall–Kier alpha value is -1.13. The van der Waals surface area contributed by atoms with E-state index in [0.717, 1.165) is 19.6 Å². The highest BCUT2D eigenvalue weighted by molar-refractivity contribution is 5.31. The standard InChI is InChI=1S/C14H24N4/c1-3-12(2)18-8-6-17(7-9-18)11-13-4-5-16-14(15)10-13/h4-5,10,12H,3,6-9,11H2,1-2H3,(H2,15,16). The van der Waals surface area contributed by atoms with E-state index in [9.17, 15) is 0 Å². The summed E-state index contributed by atoms with van der Waals surface area (Å²) in [7, 11) is 0. The Morgan fingerprint density at radius 3 is 2.67 bits per heavy atom. The van der Waals surface area contributed by atoms with Gasteiger partial charge in [-0.25, -0.2) is 4.98 Å². The van der Waals surface area contributed by atoms with E-state index in [1.807, 2.05) is 6.07 Å². The van der Waals surface area contributed by atoms with Crippen LogP contribution in [0.1, 0.15) is 25.8 Å². The molecule has 1 saturated heterocycles. The van der Waals surface area contributed by atoms with Crippen molar-refractivity contribution < 1.29 is 0 Å². The van der Waals surface area contributed by atoms with Crippen LogP contribution in [0.5, 0.6) is 0 Å². The smallest absolute Gasteiger partial charge is 0.123 e. The van der Waals surface area contributed by atoms with Gasteiger partial charge in [-0.3, -0.25) is 9.80 Å². The fourth-order valence-corrected chi connectivity index (χ4v) is 2.47. The van der Waals surface area contributed by atoms with Crippen molar-refractivity contribution in [2.75, 3.05) is 31.9 Å². The lowest BCUT2D eigenvalue weighted by Gasteiger charge is -2.37. The van der Waals surface area contributed by atoms with Crippen molar-refractivity contribution in [2.24, 2.45) is 0 Å². The van der Waals surface area contributed by atoms with Crippen molar-refractivity contribution in [1.82, 2.24) is 14.8 Å². The fourth-order valence-electron chi connectivity index (χ4n) is 2.47. The number of rotatable bonds is 4. The van der Waals surface area contributed by atoms with Gasteiger partial charge in [-0.1, -0.05) is 6.92 Å². The molecule has 1 atom stereocenters. The number of nitrogens with two attached hydrogens (primary N) is 1. The van der Waals surface area contributed by atoms with E-state index < -0.39 is 0 Å². The Bertz CT molecular complexity index is 372. The second-order valence-electron chi connectivity index (χ2n) is 5.16. The molecule has 100 valence electrons. The Morgan fingerprint density at radius 2 is 2.06 bits per heavy atom. The SMILES string of the molecule is CCC(C)N1CCN(Cc2ccnc(N)c2)CC1. The summed E-state index contributed by atoms with van der Waals surface area (Å²) in [5, 5.41) is 0. The van der Waals surface area contributed by atoms with Crippen molar-refractivity contribution in [1.29, 1.82) is 0 Å². The molecule has 0 amide bonds. The van der Waals surface area contributed by atoms with Crippen LogP contribution in [0, 0.1) is 0 Å². The molecule has 4 nitrogen and oxygen atoms in total. The normalized spacial score (nSPS) is 19.9. The molecule has 0 aliphatic carbocycles. The summed E-state index contributed by atoms with van der Waals surface area (Å²) in [6, 6.07) is 4.74. The van der Waals surface area contributed by atoms with E-state index >= 15 is 0 Å². The zero-order chi connectivity index (χ0) is 13.0. The van der Waals surface area contributed by atoms with Crippen LogP contribution in [0.4, 0.5) is 5.82 Å². The third-order valence-corrected chi connectivity index (χ3v) is 3.87. The van der Waals surface area contributed by atoms with E-state index in [4.69, 9.17) is 5.73 Å². The molecule has 1 aliphatic rings. The minimum atomic E-state index is 0.616. The highest BCUT2D eigenvalue weighted by atomic mass is 15.3. The summed E-state index contributed by atoms with van der Waals surface area (Å²) in [6.07, 6.45) is 3.03. The number of nitrogen functional groups attached to an aromatic ring is 1. The number of pyridine rings is 1. The number of anilines is 1. The topological polar surface area (TPSA) is 45.4 Å². The van der Waals surface area contributed by atoms with Crippen LogP contribution in [0.15, 0.2) is 18.3 Å². The summed E-state index contributed by atoms with van der Waals surface area (Å²) in [6.45, 7) is 10.2. The average molecular weight is 248 g/mol. The van der Waals surface area contributed by atoms with Gasteiger partial charge in [-0.05, 0) is 31.0 Å². The highest BCUT2D eigenvalue weighted by Crippen LogP contribution is 2.12. The third kappa shape index (κ3) is 3.43. The van der Waals surface area contributed by atoms with E-state index in [1.54, 1.807) is 6.20 Å². The largest absolute Gasteiger partial charge is 0.384 e. The molecular weight excluding hydrogens is 224 g/mol. The maximum absolute atomic E-state index is 5.71. The van der Waals surface area contributed by atoms with Gasteiger partial charge in [-0.2, -0.15) is 0 Å². The molecule has 2 rings (SSSR count). The molecule has 0 saturated carbocycles. The van der Waals surface area contributed by atoms with E-state index in [0.29, 0.717) is 11.9 Å². The van der Waals surface area contributed by atoms with Crippen LogP contribution in [-0.2, 0) is 6.54 Å². The summed E-state index contributed by atoms with van der Waals surface area (Å²) in [4.78, 5) is 9.10. The van der Waals surface area contributed by atoms with Gasteiger partial charge in [-0.15, -0.1) is 0 Å². The minimum Gasteiger partial charge on any atom is -0.384 e. The number of piperazine rings is 1.